The fourth-order valence-electron chi connectivity index (χ4n) is 3.11. The van der Waals surface area contributed by atoms with Crippen molar-refractivity contribution < 1.29 is 14.3 Å². The Kier molecular flexibility index (Phi) is 5.18. The Bertz CT molecular complexity index is 927. The van der Waals surface area contributed by atoms with Crippen LogP contribution >= 0.6 is 15.9 Å². The lowest BCUT2D eigenvalue weighted by Gasteiger charge is -2.16. The van der Waals surface area contributed by atoms with Gasteiger partial charge in [-0.1, -0.05) is 18.7 Å². The van der Waals surface area contributed by atoms with Crippen molar-refractivity contribution in [3.8, 4) is 5.75 Å². The number of halogens is 2. The van der Waals surface area contributed by atoms with Crippen LogP contribution in [0.15, 0.2) is 34.4 Å². The number of pyridine rings is 1. The summed E-state index contributed by atoms with van der Waals surface area (Å²) in [5, 5.41) is 13.3. The molecule has 0 fully saturated rings. The second-order valence-electron chi connectivity index (χ2n) is 5.86. The van der Waals surface area contributed by atoms with E-state index in [1.165, 1.54) is 24.4 Å². The molecule has 2 aromatic rings. The standard InChI is InChI=1S/C19H17BrFN3O2/c1-3-12-15(22-4-2)17(25)16(24-18(12)20)19(26)23-14-8-5-10-9-11(21)6-7-13(10)14/h3-4,6-7,9,14,25H,1,5,8H2,2H3,(H,23,26). The lowest BCUT2D eigenvalue weighted by molar-refractivity contribution is 0.0928. The zero-order valence-electron chi connectivity index (χ0n) is 14.1. The summed E-state index contributed by atoms with van der Waals surface area (Å²) in [6, 6.07) is 4.29. The molecule has 26 heavy (non-hydrogen) atoms. The largest absolute Gasteiger partial charge is 0.504 e. The lowest BCUT2D eigenvalue weighted by Crippen LogP contribution is -2.28. The molecule has 0 saturated carbocycles. The summed E-state index contributed by atoms with van der Waals surface area (Å²) in [6.07, 6.45) is 4.36. The smallest absolute Gasteiger partial charge is 0.274 e. The number of aromatic nitrogens is 1. The first kappa shape index (κ1) is 18.3. The van der Waals surface area contributed by atoms with E-state index in [9.17, 15) is 14.3 Å². The number of nitrogens with one attached hydrogen (secondary N) is 1. The minimum atomic E-state index is -0.520. The molecule has 0 radical (unpaired) electrons. The molecule has 1 aromatic heterocycles. The van der Waals surface area contributed by atoms with Gasteiger partial charge < -0.3 is 10.4 Å². The van der Waals surface area contributed by atoms with Crippen LogP contribution in [0.25, 0.3) is 6.08 Å². The van der Waals surface area contributed by atoms with Crippen molar-refractivity contribution >= 4 is 39.8 Å². The first-order chi connectivity index (χ1) is 12.5. The van der Waals surface area contributed by atoms with Gasteiger partial charge in [-0.2, -0.15) is 0 Å². The van der Waals surface area contributed by atoms with Crippen molar-refractivity contribution in [1.82, 2.24) is 10.3 Å². The van der Waals surface area contributed by atoms with E-state index in [1.54, 1.807) is 13.0 Å². The van der Waals surface area contributed by atoms with Crippen LogP contribution in [0.5, 0.6) is 5.75 Å². The Balaban J connectivity index is 1.94. The monoisotopic (exact) mass is 417 g/mol. The van der Waals surface area contributed by atoms with E-state index in [1.807, 2.05) is 0 Å². The number of amides is 1. The second-order valence-corrected chi connectivity index (χ2v) is 6.61. The summed E-state index contributed by atoms with van der Waals surface area (Å²) in [7, 11) is 0. The first-order valence-corrected chi connectivity index (χ1v) is 8.88. The fourth-order valence-corrected chi connectivity index (χ4v) is 3.64. The number of aliphatic imine (C=N–C) groups is 1. The zero-order valence-corrected chi connectivity index (χ0v) is 15.7. The van der Waals surface area contributed by atoms with Gasteiger partial charge in [0.25, 0.3) is 5.91 Å². The van der Waals surface area contributed by atoms with E-state index < -0.39 is 5.91 Å². The number of hydrogen-bond donors (Lipinski definition) is 2. The predicted molar refractivity (Wildman–Crippen MR) is 102 cm³/mol. The zero-order chi connectivity index (χ0) is 18.8. The fraction of sp³-hybridized carbons (Fsp3) is 0.211. The van der Waals surface area contributed by atoms with Crippen LogP contribution in [0.4, 0.5) is 10.1 Å². The van der Waals surface area contributed by atoms with Crippen LogP contribution in [0, 0.1) is 5.82 Å². The normalized spacial score (nSPS) is 15.9. The molecule has 1 aromatic carbocycles. The number of aromatic hydroxyl groups is 1. The molecule has 134 valence electrons. The Labute approximate surface area is 158 Å². The van der Waals surface area contributed by atoms with Crippen LogP contribution in [0.2, 0.25) is 0 Å². The summed E-state index contributed by atoms with van der Waals surface area (Å²) < 4.78 is 13.7. The van der Waals surface area contributed by atoms with E-state index in [4.69, 9.17) is 0 Å². The third kappa shape index (κ3) is 3.26. The van der Waals surface area contributed by atoms with Gasteiger partial charge in [0.05, 0.1) is 6.04 Å². The predicted octanol–water partition coefficient (Wildman–Crippen LogP) is 4.47. The maximum atomic E-state index is 13.3. The van der Waals surface area contributed by atoms with Gasteiger partial charge in [0.1, 0.15) is 16.1 Å². The van der Waals surface area contributed by atoms with Crippen LogP contribution < -0.4 is 5.32 Å². The van der Waals surface area contributed by atoms with Gasteiger partial charge in [0, 0.05) is 11.8 Å². The minimum Gasteiger partial charge on any atom is -0.504 e. The third-order valence-corrected chi connectivity index (χ3v) is 4.91. The molecule has 1 unspecified atom stereocenters. The first-order valence-electron chi connectivity index (χ1n) is 8.09. The Morgan fingerprint density at radius 1 is 1.54 bits per heavy atom. The minimum absolute atomic E-state index is 0.126. The SMILES string of the molecule is C=Cc1c(Br)nc(C(=O)NC2CCc3cc(F)ccc32)c(O)c1N=CC. The molecule has 1 atom stereocenters. The average molecular weight is 418 g/mol. The number of nitrogens with zero attached hydrogens (tertiary/aromatic N) is 2. The highest BCUT2D eigenvalue weighted by Crippen LogP contribution is 2.38. The van der Waals surface area contributed by atoms with E-state index in [2.05, 4.69) is 37.8 Å². The maximum Gasteiger partial charge on any atom is 0.274 e. The molecule has 5 nitrogen and oxygen atoms in total. The van der Waals surface area contributed by atoms with Crippen molar-refractivity contribution in [2.45, 2.75) is 25.8 Å². The average Bonchev–Trinajstić information content (AvgIpc) is 3.00. The van der Waals surface area contributed by atoms with E-state index >= 15 is 0 Å². The maximum absolute atomic E-state index is 13.3. The topological polar surface area (TPSA) is 74.6 Å². The molecule has 0 saturated heterocycles. The number of benzene rings is 1. The van der Waals surface area contributed by atoms with E-state index in [0.29, 0.717) is 23.0 Å². The molecule has 1 heterocycles. The Morgan fingerprint density at radius 2 is 2.31 bits per heavy atom. The number of carbonyl (C=O) groups excluding carboxylic acids is 1. The molecular weight excluding hydrogens is 401 g/mol. The Morgan fingerprint density at radius 3 is 3.00 bits per heavy atom. The molecule has 1 amide bonds. The second kappa shape index (κ2) is 7.37. The van der Waals surface area contributed by atoms with Gasteiger partial charge in [-0.3, -0.25) is 9.79 Å². The van der Waals surface area contributed by atoms with Gasteiger partial charge in [-0.05, 0) is 59.0 Å². The van der Waals surface area contributed by atoms with Crippen LogP contribution in [0.3, 0.4) is 0 Å². The number of carbonyl (C=O) groups is 1. The van der Waals surface area contributed by atoms with Crippen molar-refractivity contribution in [2.24, 2.45) is 4.99 Å². The van der Waals surface area contributed by atoms with Gasteiger partial charge in [0.15, 0.2) is 11.4 Å². The quantitative estimate of drug-likeness (QED) is 0.568. The highest BCUT2D eigenvalue weighted by atomic mass is 79.9. The molecule has 1 aliphatic rings. The van der Waals surface area contributed by atoms with Crippen LogP contribution in [-0.2, 0) is 6.42 Å². The molecular formula is C19H17BrFN3O2. The third-order valence-electron chi connectivity index (χ3n) is 4.30. The van der Waals surface area contributed by atoms with Crippen molar-refractivity contribution in [3.05, 3.63) is 57.6 Å². The van der Waals surface area contributed by atoms with Gasteiger partial charge in [-0.25, -0.2) is 9.37 Å². The van der Waals surface area contributed by atoms with E-state index in [-0.39, 0.29) is 29.0 Å². The van der Waals surface area contributed by atoms with Gasteiger partial charge in [-0.15, -0.1) is 0 Å². The Hall–Kier alpha value is -2.54. The van der Waals surface area contributed by atoms with Gasteiger partial charge >= 0.3 is 0 Å². The van der Waals surface area contributed by atoms with Crippen LogP contribution in [0.1, 0.15) is 46.6 Å². The van der Waals surface area contributed by atoms with Crippen LogP contribution in [-0.4, -0.2) is 22.2 Å². The number of fused-ring (bicyclic) bond motifs is 1. The lowest BCUT2D eigenvalue weighted by atomic mass is 10.1. The molecule has 0 spiro atoms. The molecule has 7 heteroatoms. The molecule has 0 aliphatic heterocycles. The van der Waals surface area contributed by atoms with E-state index in [0.717, 1.165) is 11.1 Å². The van der Waals surface area contributed by atoms with Gasteiger partial charge in [0.2, 0.25) is 0 Å². The molecule has 0 bridgehead atoms. The van der Waals surface area contributed by atoms with Crippen molar-refractivity contribution in [1.29, 1.82) is 0 Å². The summed E-state index contributed by atoms with van der Waals surface area (Å²) in [5.74, 6) is -1.12. The van der Waals surface area contributed by atoms with Crippen molar-refractivity contribution in [3.63, 3.8) is 0 Å². The van der Waals surface area contributed by atoms with Crippen molar-refractivity contribution in [2.75, 3.05) is 0 Å². The molecule has 2 N–H and O–H groups in total. The molecule has 1 aliphatic carbocycles. The highest BCUT2D eigenvalue weighted by molar-refractivity contribution is 9.10. The summed E-state index contributed by atoms with van der Waals surface area (Å²) >= 11 is 3.29. The summed E-state index contributed by atoms with van der Waals surface area (Å²) in [5.41, 5.74) is 2.36. The summed E-state index contributed by atoms with van der Waals surface area (Å²) in [4.78, 5) is 21.0. The summed E-state index contributed by atoms with van der Waals surface area (Å²) in [6.45, 7) is 5.38. The number of aryl methyl sites for hydroxylation is 1. The molecule has 3 rings (SSSR count). The number of hydrogen-bond acceptors (Lipinski definition) is 4. The number of rotatable bonds is 4. The highest BCUT2D eigenvalue weighted by Gasteiger charge is 2.27.